The van der Waals surface area contributed by atoms with Crippen molar-refractivity contribution in [3.05, 3.63) is 0 Å². The Morgan fingerprint density at radius 2 is 1.81 bits per heavy atom. The van der Waals surface area contributed by atoms with Crippen molar-refractivity contribution in [2.24, 2.45) is 5.92 Å². The Kier molecular flexibility index (Phi) is 4.91. The van der Waals surface area contributed by atoms with Crippen molar-refractivity contribution in [3.8, 4) is 0 Å². The fourth-order valence-electron chi connectivity index (χ4n) is 3.06. The summed E-state index contributed by atoms with van der Waals surface area (Å²) in [4.78, 5) is 27.7. The molecular formula is C14H24N2O4S. The minimum absolute atomic E-state index is 0.0170. The molecule has 21 heavy (non-hydrogen) atoms. The number of amides is 2. The van der Waals surface area contributed by atoms with Gasteiger partial charge in [0.25, 0.3) is 0 Å². The van der Waals surface area contributed by atoms with Crippen molar-refractivity contribution < 1.29 is 18.0 Å². The van der Waals surface area contributed by atoms with E-state index in [0.717, 1.165) is 12.8 Å². The molecule has 2 fully saturated rings. The first-order valence-electron chi connectivity index (χ1n) is 7.64. The van der Waals surface area contributed by atoms with Gasteiger partial charge in [-0.25, -0.2) is 8.42 Å². The second-order valence-electron chi connectivity index (χ2n) is 6.12. The normalized spacial score (nSPS) is 25.8. The monoisotopic (exact) mass is 316 g/mol. The van der Waals surface area contributed by atoms with E-state index in [2.05, 4.69) is 6.92 Å². The number of nitrogens with zero attached hydrogens (tertiary/aromatic N) is 2. The van der Waals surface area contributed by atoms with Crippen molar-refractivity contribution in [3.63, 3.8) is 0 Å². The summed E-state index contributed by atoms with van der Waals surface area (Å²) in [5.74, 6) is -0.345. The van der Waals surface area contributed by atoms with E-state index in [1.807, 2.05) is 0 Å². The maximum Gasteiger partial charge on any atom is 0.312 e. The molecule has 2 rings (SSSR count). The van der Waals surface area contributed by atoms with E-state index in [9.17, 15) is 18.0 Å². The quantitative estimate of drug-likeness (QED) is 0.686. The molecule has 1 atom stereocenters. The lowest BCUT2D eigenvalue weighted by Crippen LogP contribution is -2.51. The molecule has 0 aliphatic carbocycles. The highest BCUT2D eigenvalue weighted by molar-refractivity contribution is 7.91. The van der Waals surface area contributed by atoms with Gasteiger partial charge >= 0.3 is 11.8 Å². The van der Waals surface area contributed by atoms with Crippen LogP contribution in [-0.4, -0.2) is 67.2 Å². The van der Waals surface area contributed by atoms with Gasteiger partial charge in [0.15, 0.2) is 9.84 Å². The molecule has 0 aromatic heterocycles. The van der Waals surface area contributed by atoms with Crippen LogP contribution in [0.2, 0.25) is 0 Å². The van der Waals surface area contributed by atoms with Crippen molar-refractivity contribution in [2.75, 3.05) is 31.1 Å². The number of hydrogen-bond acceptors (Lipinski definition) is 4. The van der Waals surface area contributed by atoms with Gasteiger partial charge in [-0.05, 0) is 32.1 Å². The highest BCUT2D eigenvalue weighted by Gasteiger charge is 2.37. The zero-order chi connectivity index (χ0) is 15.6. The minimum Gasteiger partial charge on any atom is -0.334 e. The molecule has 0 saturated carbocycles. The Balaban J connectivity index is 2.01. The van der Waals surface area contributed by atoms with Crippen LogP contribution in [0.3, 0.4) is 0 Å². The maximum atomic E-state index is 12.4. The summed E-state index contributed by atoms with van der Waals surface area (Å²) < 4.78 is 23.1. The zero-order valence-electron chi connectivity index (χ0n) is 12.7. The summed E-state index contributed by atoms with van der Waals surface area (Å²) in [5.41, 5.74) is 0. The predicted molar refractivity (Wildman–Crippen MR) is 79.4 cm³/mol. The van der Waals surface area contributed by atoms with Crippen molar-refractivity contribution >= 4 is 21.7 Å². The summed E-state index contributed by atoms with van der Waals surface area (Å²) in [6.07, 6.45) is 2.28. The van der Waals surface area contributed by atoms with Crippen molar-refractivity contribution in [2.45, 2.75) is 39.2 Å². The summed E-state index contributed by atoms with van der Waals surface area (Å²) in [5, 5.41) is 0. The number of likely N-dealkylation sites (tertiary alicyclic amines) is 1. The van der Waals surface area contributed by atoms with Crippen LogP contribution in [0.15, 0.2) is 0 Å². The lowest BCUT2D eigenvalue weighted by molar-refractivity contribution is -0.153. The van der Waals surface area contributed by atoms with Gasteiger partial charge in [-0.2, -0.15) is 0 Å². The number of hydrogen-bond donors (Lipinski definition) is 0. The Morgan fingerprint density at radius 1 is 1.19 bits per heavy atom. The Bertz CT molecular complexity index is 509. The Morgan fingerprint density at radius 3 is 2.29 bits per heavy atom. The molecule has 0 N–H and O–H groups in total. The summed E-state index contributed by atoms with van der Waals surface area (Å²) in [6.45, 7) is 5.54. The average molecular weight is 316 g/mol. The SMILES string of the molecule is CCN(C(=O)C(=O)N1CCC(C)CC1)C1CCS(=O)(=O)C1. The van der Waals surface area contributed by atoms with Crippen LogP contribution in [0.1, 0.15) is 33.1 Å². The summed E-state index contributed by atoms with van der Waals surface area (Å²) in [7, 11) is -3.06. The van der Waals surface area contributed by atoms with Gasteiger partial charge in [0.1, 0.15) is 0 Å². The predicted octanol–water partition coefficient (Wildman–Crippen LogP) is 0.281. The zero-order valence-corrected chi connectivity index (χ0v) is 13.6. The van der Waals surface area contributed by atoms with Crippen LogP contribution in [0.25, 0.3) is 0 Å². The van der Waals surface area contributed by atoms with E-state index in [0.29, 0.717) is 32.0 Å². The molecular weight excluding hydrogens is 292 g/mol. The molecule has 0 aromatic rings. The average Bonchev–Trinajstić information content (AvgIpc) is 2.79. The first-order valence-corrected chi connectivity index (χ1v) is 9.46. The Hall–Kier alpha value is -1.11. The smallest absolute Gasteiger partial charge is 0.312 e. The minimum atomic E-state index is -3.06. The molecule has 0 bridgehead atoms. The van der Waals surface area contributed by atoms with Gasteiger partial charge in [-0.1, -0.05) is 6.92 Å². The molecule has 2 saturated heterocycles. The third-order valence-electron chi connectivity index (χ3n) is 4.50. The highest BCUT2D eigenvalue weighted by atomic mass is 32.2. The largest absolute Gasteiger partial charge is 0.334 e. The third-order valence-corrected chi connectivity index (χ3v) is 6.25. The lowest BCUT2D eigenvalue weighted by atomic mass is 9.99. The molecule has 0 spiro atoms. The second-order valence-corrected chi connectivity index (χ2v) is 8.35. The van der Waals surface area contributed by atoms with E-state index in [4.69, 9.17) is 0 Å². The highest BCUT2D eigenvalue weighted by Crippen LogP contribution is 2.20. The van der Waals surface area contributed by atoms with Gasteiger partial charge in [-0.15, -0.1) is 0 Å². The van der Waals surface area contributed by atoms with E-state index in [1.54, 1.807) is 11.8 Å². The van der Waals surface area contributed by atoms with E-state index >= 15 is 0 Å². The number of carbonyl (C=O) groups is 2. The fourth-order valence-corrected chi connectivity index (χ4v) is 4.79. The van der Waals surface area contributed by atoms with Gasteiger partial charge < -0.3 is 9.80 Å². The number of likely N-dealkylation sites (N-methyl/N-ethyl adjacent to an activating group) is 1. The van der Waals surface area contributed by atoms with Crippen molar-refractivity contribution in [1.82, 2.24) is 9.80 Å². The van der Waals surface area contributed by atoms with Crippen LogP contribution in [0.5, 0.6) is 0 Å². The number of rotatable bonds is 2. The van der Waals surface area contributed by atoms with Crippen LogP contribution in [0.4, 0.5) is 0 Å². The molecule has 0 aromatic carbocycles. The lowest BCUT2D eigenvalue weighted by Gasteiger charge is -2.33. The second kappa shape index (κ2) is 6.34. The Labute approximate surface area is 126 Å². The molecule has 7 heteroatoms. The van der Waals surface area contributed by atoms with Crippen LogP contribution >= 0.6 is 0 Å². The van der Waals surface area contributed by atoms with Gasteiger partial charge in [0.05, 0.1) is 11.5 Å². The van der Waals surface area contributed by atoms with Gasteiger partial charge in [-0.3, -0.25) is 9.59 Å². The molecule has 120 valence electrons. The van der Waals surface area contributed by atoms with E-state index < -0.39 is 21.7 Å². The van der Waals surface area contributed by atoms with Crippen molar-refractivity contribution in [1.29, 1.82) is 0 Å². The molecule has 0 radical (unpaired) electrons. The van der Waals surface area contributed by atoms with Crippen LogP contribution in [0, 0.1) is 5.92 Å². The molecule has 2 aliphatic heterocycles. The summed E-state index contributed by atoms with van der Waals surface area (Å²) in [6, 6.07) is -0.347. The first kappa shape index (κ1) is 16.3. The molecule has 2 heterocycles. The molecule has 2 aliphatic rings. The fraction of sp³-hybridized carbons (Fsp3) is 0.857. The van der Waals surface area contributed by atoms with Gasteiger partial charge in [0, 0.05) is 25.7 Å². The topological polar surface area (TPSA) is 74.8 Å². The molecule has 6 nitrogen and oxygen atoms in total. The summed E-state index contributed by atoms with van der Waals surface area (Å²) >= 11 is 0. The third kappa shape index (κ3) is 3.75. The number of sulfone groups is 1. The van der Waals surface area contributed by atoms with Crippen LogP contribution < -0.4 is 0 Å². The molecule has 2 amide bonds. The van der Waals surface area contributed by atoms with Crippen LogP contribution in [-0.2, 0) is 19.4 Å². The van der Waals surface area contributed by atoms with E-state index in [-0.39, 0.29) is 17.5 Å². The first-order chi connectivity index (χ1) is 9.84. The van der Waals surface area contributed by atoms with E-state index in [1.165, 1.54) is 4.90 Å². The number of piperidine rings is 1. The van der Waals surface area contributed by atoms with Gasteiger partial charge in [0.2, 0.25) is 0 Å². The standard InChI is InChI=1S/C14H24N2O4S/c1-3-16(12-6-9-21(19,20)10-12)14(18)13(17)15-7-4-11(2)5-8-15/h11-12H,3-10H2,1-2H3. The number of carbonyl (C=O) groups excluding carboxylic acids is 2. The maximum absolute atomic E-state index is 12.4. The molecule has 1 unspecified atom stereocenters.